The maximum Gasteiger partial charge on any atom is 0.222 e. The Morgan fingerprint density at radius 1 is 0.329 bits per heavy atom. The smallest absolute Gasteiger partial charge is 0.222 e. The van der Waals surface area contributed by atoms with E-state index in [1.165, 1.54) is 308 Å². The molecule has 0 aliphatic heterocycles. The fourth-order valence-electron chi connectivity index (χ4n) is 10.8. The zero-order valence-electron chi connectivity index (χ0n) is 51.4. The molecule has 3 atom stereocenters. The molecule has 0 aliphatic carbocycles. The molecule has 0 saturated heterocycles. The molecule has 76 heavy (non-hydrogen) atoms. The topological polar surface area (TPSA) is 89.8 Å². The summed E-state index contributed by atoms with van der Waals surface area (Å²) in [6.07, 6.45) is 89.4. The Labute approximate surface area is 476 Å². The van der Waals surface area contributed by atoms with E-state index >= 15 is 0 Å². The van der Waals surface area contributed by atoms with Crippen LogP contribution in [-0.2, 0) is 4.79 Å². The van der Waals surface area contributed by atoms with E-state index in [9.17, 15) is 20.1 Å². The summed E-state index contributed by atoms with van der Waals surface area (Å²) in [5.74, 6) is -0.324. The van der Waals surface area contributed by atoms with Gasteiger partial charge in [0.1, 0.15) is 0 Å². The van der Waals surface area contributed by atoms with Crippen molar-refractivity contribution in [2.75, 3.05) is 6.61 Å². The first kappa shape index (κ1) is 74.3. The van der Waals surface area contributed by atoms with Crippen molar-refractivity contribution in [2.45, 2.75) is 392 Å². The molecule has 3 unspecified atom stereocenters. The SMILES string of the molecule is CCCCCCCCCCCCCCCC/C=C/CC/C=C/CC/C=C/C(O)C(CO)NC(=O)CC(O)CCCCCCCCCCCCCCCCC/C=C\CCCCCCCCCCCCCCCCCCCC. The zero-order valence-corrected chi connectivity index (χ0v) is 51.4. The zero-order chi connectivity index (χ0) is 55.0. The molecule has 448 valence electrons. The van der Waals surface area contributed by atoms with Crippen LogP contribution in [0.4, 0.5) is 0 Å². The van der Waals surface area contributed by atoms with E-state index in [1.807, 2.05) is 6.08 Å². The number of allylic oxidation sites excluding steroid dienone is 7. The standard InChI is InChI=1S/C71H135NO4/c1-3-5-7-9-11-13-15-17-19-21-23-25-27-29-30-31-32-33-34-35-36-37-38-39-40-41-42-44-46-48-50-52-54-56-58-60-62-64-68(74)66-71(76)72-69(67-73)70(75)65-63-61-59-57-55-53-51-49-47-45-43-28-26-24-22-20-18-16-14-12-10-8-6-4-2/h35-36,47,49,55,57,63,65,68-70,73-75H,3-34,37-46,48,50-54,56,58-62,64,66-67H2,1-2H3,(H,72,76)/b36-35-,49-47+,57-55+,65-63+. The van der Waals surface area contributed by atoms with Gasteiger partial charge in [0.15, 0.2) is 0 Å². The lowest BCUT2D eigenvalue weighted by Gasteiger charge is -2.21. The summed E-state index contributed by atoms with van der Waals surface area (Å²) in [5, 5.41) is 33.6. The van der Waals surface area contributed by atoms with Crippen LogP contribution < -0.4 is 5.32 Å². The lowest BCUT2D eigenvalue weighted by molar-refractivity contribution is -0.124. The van der Waals surface area contributed by atoms with Gasteiger partial charge in [0.2, 0.25) is 5.91 Å². The summed E-state index contributed by atoms with van der Waals surface area (Å²) in [6.45, 7) is 4.24. The highest BCUT2D eigenvalue weighted by atomic mass is 16.3. The van der Waals surface area contributed by atoms with Gasteiger partial charge in [0, 0.05) is 0 Å². The van der Waals surface area contributed by atoms with Crippen LogP contribution in [0.1, 0.15) is 373 Å². The molecular formula is C71H135NO4. The number of nitrogens with one attached hydrogen (secondary N) is 1. The van der Waals surface area contributed by atoms with Crippen molar-refractivity contribution in [1.82, 2.24) is 5.32 Å². The average Bonchev–Trinajstić information content (AvgIpc) is 3.42. The van der Waals surface area contributed by atoms with E-state index in [4.69, 9.17) is 0 Å². The third-order valence-electron chi connectivity index (χ3n) is 16.1. The normalized spacial score (nSPS) is 13.4. The van der Waals surface area contributed by atoms with Crippen LogP contribution in [0.15, 0.2) is 48.6 Å². The minimum Gasteiger partial charge on any atom is -0.394 e. The van der Waals surface area contributed by atoms with Gasteiger partial charge in [-0.1, -0.05) is 345 Å². The summed E-state index contributed by atoms with van der Waals surface area (Å²) in [7, 11) is 0. The molecule has 0 saturated carbocycles. The summed E-state index contributed by atoms with van der Waals surface area (Å²) in [6, 6.07) is -0.770. The number of aliphatic hydroxyl groups excluding tert-OH is 3. The molecule has 0 aliphatic rings. The molecular weight excluding hydrogens is 931 g/mol. The number of unbranched alkanes of at least 4 members (excludes halogenated alkanes) is 49. The molecule has 0 rings (SSSR count). The average molecular weight is 1070 g/mol. The highest BCUT2D eigenvalue weighted by Crippen LogP contribution is 2.18. The molecule has 5 heteroatoms. The molecule has 5 nitrogen and oxygen atoms in total. The van der Waals surface area contributed by atoms with Gasteiger partial charge in [-0.15, -0.1) is 0 Å². The summed E-state index contributed by atoms with van der Waals surface area (Å²) >= 11 is 0. The van der Waals surface area contributed by atoms with Crippen LogP contribution in [0, 0.1) is 0 Å². The van der Waals surface area contributed by atoms with E-state index in [1.54, 1.807) is 6.08 Å². The van der Waals surface area contributed by atoms with Crippen LogP contribution >= 0.6 is 0 Å². The van der Waals surface area contributed by atoms with Gasteiger partial charge in [-0.05, 0) is 70.6 Å². The van der Waals surface area contributed by atoms with Crippen molar-refractivity contribution in [3.8, 4) is 0 Å². The monoisotopic (exact) mass is 1070 g/mol. The van der Waals surface area contributed by atoms with Crippen LogP contribution in [0.5, 0.6) is 0 Å². The van der Waals surface area contributed by atoms with E-state index in [2.05, 4.69) is 55.6 Å². The fourth-order valence-corrected chi connectivity index (χ4v) is 10.8. The Balaban J connectivity index is 3.52. The Morgan fingerprint density at radius 3 is 0.842 bits per heavy atom. The van der Waals surface area contributed by atoms with Gasteiger partial charge in [-0.3, -0.25) is 4.79 Å². The Kier molecular flexibility index (Phi) is 64.4. The Bertz CT molecular complexity index is 1230. The molecule has 0 spiro atoms. The number of carbonyl (C=O) groups excluding carboxylic acids is 1. The second-order valence-corrected chi connectivity index (χ2v) is 23.8. The predicted octanol–water partition coefficient (Wildman–Crippen LogP) is 22.3. The lowest BCUT2D eigenvalue weighted by atomic mass is 10.0. The van der Waals surface area contributed by atoms with E-state index in [-0.39, 0.29) is 18.9 Å². The number of rotatable bonds is 64. The predicted molar refractivity (Wildman–Crippen MR) is 337 cm³/mol. The van der Waals surface area contributed by atoms with Gasteiger partial charge < -0.3 is 20.6 Å². The quantitative estimate of drug-likeness (QED) is 0.0361. The minimum absolute atomic E-state index is 0.00366. The van der Waals surface area contributed by atoms with Gasteiger partial charge in [-0.2, -0.15) is 0 Å². The first-order chi connectivity index (χ1) is 37.5. The van der Waals surface area contributed by atoms with Crippen molar-refractivity contribution < 1.29 is 20.1 Å². The summed E-state index contributed by atoms with van der Waals surface area (Å²) in [4.78, 5) is 12.6. The third-order valence-corrected chi connectivity index (χ3v) is 16.1. The molecule has 0 heterocycles. The van der Waals surface area contributed by atoms with Gasteiger partial charge >= 0.3 is 0 Å². The van der Waals surface area contributed by atoms with Gasteiger partial charge in [0.25, 0.3) is 0 Å². The second kappa shape index (κ2) is 65.8. The number of amides is 1. The largest absolute Gasteiger partial charge is 0.394 e. The van der Waals surface area contributed by atoms with Crippen LogP contribution in [-0.4, -0.2) is 46.1 Å². The first-order valence-electron chi connectivity index (χ1n) is 34.4. The molecule has 1 amide bonds. The second-order valence-electron chi connectivity index (χ2n) is 23.8. The fraction of sp³-hybridized carbons (Fsp3) is 0.873. The Hall–Kier alpha value is -1.69. The highest BCUT2D eigenvalue weighted by molar-refractivity contribution is 5.76. The van der Waals surface area contributed by atoms with Crippen molar-refractivity contribution in [1.29, 1.82) is 0 Å². The summed E-state index contributed by atoms with van der Waals surface area (Å²) < 4.78 is 0. The molecule has 0 aromatic carbocycles. The number of carbonyl (C=O) groups is 1. The van der Waals surface area contributed by atoms with Gasteiger partial charge in [-0.25, -0.2) is 0 Å². The van der Waals surface area contributed by atoms with Crippen LogP contribution in [0.2, 0.25) is 0 Å². The highest BCUT2D eigenvalue weighted by Gasteiger charge is 2.20. The number of aliphatic hydroxyl groups is 3. The van der Waals surface area contributed by atoms with Crippen molar-refractivity contribution in [3.05, 3.63) is 48.6 Å². The maximum atomic E-state index is 12.6. The van der Waals surface area contributed by atoms with E-state index in [0.29, 0.717) is 6.42 Å². The molecule has 0 radical (unpaired) electrons. The third kappa shape index (κ3) is 61.5. The molecule has 0 bridgehead atoms. The van der Waals surface area contributed by atoms with Crippen molar-refractivity contribution >= 4 is 5.91 Å². The van der Waals surface area contributed by atoms with Crippen molar-refractivity contribution in [3.63, 3.8) is 0 Å². The first-order valence-corrected chi connectivity index (χ1v) is 34.4. The maximum absolute atomic E-state index is 12.6. The van der Waals surface area contributed by atoms with E-state index < -0.39 is 18.2 Å². The van der Waals surface area contributed by atoms with Gasteiger partial charge in [0.05, 0.1) is 31.3 Å². The molecule has 0 aromatic heterocycles. The minimum atomic E-state index is -0.962. The van der Waals surface area contributed by atoms with Crippen LogP contribution in [0.25, 0.3) is 0 Å². The number of hydrogen-bond acceptors (Lipinski definition) is 4. The van der Waals surface area contributed by atoms with Crippen LogP contribution in [0.3, 0.4) is 0 Å². The molecule has 4 N–H and O–H groups in total. The summed E-state index contributed by atoms with van der Waals surface area (Å²) in [5.41, 5.74) is 0. The van der Waals surface area contributed by atoms with E-state index in [0.717, 1.165) is 38.5 Å². The lowest BCUT2D eigenvalue weighted by Crippen LogP contribution is -2.45. The Morgan fingerprint density at radius 2 is 0.566 bits per heavy atom. The molecule has 0 aromatic rings. The van der Waals surface area contributed by atoms with Crippen molar-refractivity contribution in [2.24, 2.45) is 0 Å². The number of hydrogen-bond donors (Lipinski definition) is 4. The molecule has 0 fully saturated rings.